The van der Waals surface area contributed by atoms with Crippen molar-refractivity contribution >= 4 is 16.5 Å². The first-order valence-electron chi connectivity index (χ1n) is 6.17. The number of aromatic nitrogens is 1. The Morgan fingerprint density at radius 3 is 2.81 bits per heavy atom. The van der Waals surface area contributed by atoms with E-state index in [4.69, 9.17) is 0 Å². The second-order valence-corrected chi connectivity index (χ2v) is 6.19. The molecule has 3 heterocycles. The van der Waals surface area contributed by atoms with Crippen molar-refractivity contribution in [2.75, 3.05) is 18.0 Å². The summed E-state index contributed by atoms with van der Waals surface area (Å²) in [6.07, 6.45) is 3.98. The Kier molecular flexibility index (Phi) is 2.64. The predicted molar refractivity (Wildman–Crippen MR) is 68.4 cm³/mol. The van der Waals surface area contributed by atoms with Crippen LogP contribution in [0.4, 0.5) is 5.13 Å². The van der Waals surface area contributed by atoms with Crippen molar-refractivity contribution in [3.8, 4) is 0 Å². The van der Waals surface area contributed by atoms with E-state index in [9.17, 15) is 0 Å². The maximum atomic E-state index is 4.68. The lowest BCUT2D eigenvalue weighted by Crippen LogP contribution is -2.35. The average molecular weight is 237 g/mol. The van der Waals surface area contributed by atoms with Crippen molar-refractivity contribution < 1.29 is 0 Å². The van der Waals surface area contributed by atoms with E-state index < -0.39 is 0 Å². The van der Waals surface area contributed by atoms with Crippen LogP contribution in [0.3, 0.4) is 0 Å². The molecule has 2 atom stereocenters. The van der Waals surface area contributed by atoms with Crippen LogP contribution in [0.15, 0.2) is 0 Å². The fourth-order valence-electron chi connectivity index (χ4n) is 2.71. The van der Waals surface area contributed by atoms with Gasteiger partial charge in [0.25, 0.3) is 0 Å². The summed E-state index contributed by atoms with van der Waals surface area (Å²) in [5.74, 6) is 0. The van der Waals surface area contributed by atoms with Crippen LogP contribution in [-0.4, -0.2) is 30.2 Å². The van der Waals surface area contributed by atoms with Crippen molar-refractivity contribution in [3.05, 3.63) is 10.6 Å². The maximum Gasteiger partial charge on any atom is 0.185 e. The van der Waals surface area contributed by atoms with E-state index in [-0.39, 0.29) is 0 Å². The minimum atomic E-state index is 0.692. The number of aryl methyl sites for hydroxylation is 2. The lowest BCUT2D eigenvalue weighted by atomic mass is 10.1. The van der Waals surface area contributed by atoms with Crippen molar-refractivity contribution in [3.63, 3.8) is 0 Å². The van der Waals surface area contributed by atoms with E-state index >= 15 is 0 Å². The number of fused-ring (bicyclic) bond motifs is 2. The number of nitrogens with one attached hydrogen (secondary N) is 1. The highest BCUT2D eigenvalue weighted by molar-refractivity contribution is 7.15. The molecule has 2 aliphatic heterocycles. The molecular weight excluding hydrogens is 218 g/mol. The van der Waals surface area contributed by atoms with Gasteiger partial charge in [-0.1, -0.05) is 0 Å². The van der Waals surface area contributed by atoms with Crippen LogP contribution in [-0.2, 0) is 0 Å². The zero-order valence-electron chi connectivity index (χ0n) is 9.99. The third-order valence-electron chi connectivity index (χ3n) is 3.81. The largest absolute Gasteiger partial charge is 0.346 e. The fraction of sp³-hybridized carbons (Fsp3) is 0.750. The number of hydrogen-bond donors (Lipinski definition) is 1. The molecule has 0 aromatic carbocycles. The number of nitrogens with zero attached hydrogens (tertiary/aromatic N) is 2. The summed E-state index contributed by atoms with van der Waals surface area (Å²) in [7, 11) is 0. The first kappa shape index (κ1) is 10.5. The molecule has 3 nitrogen and oxygen atoms in total. The smallest absolute Gasteiger partial charge is 0.185 e. The third kappa shape index (κ3) is 1.84. The molecule has 3 rings (SSSR count). The molecule has 1 aromatic rings. The van der Waals surface area contributed by atoms with Gasteiger partial charge in [0.15, 0.2) is 5.13 Å². The Morgan fingerprint density at radius 1 is 1.25 bits per heavy atom. The Hall–Kier alpha value is -0.610. The molecule has 88 valence electrons. The summed E-state index contributed by atoms with van der Waals surface area (Å²) in [6, 6.07) is 1.45. The Labute approximate surface area is 101 Å². The second kappa shape index (κ2) is 4.00. The van der Waals surface area contributed by atoms with Crippen LogP contribution in [0.25, 0.3) is 0 Å². The monoisotopic (exact) mass is 237 g/mol. The molecule has 2 fully saturated rings. The van der Waals surface area contributed by atoms with Crippen LogP contribution in [0, 0.1) is 13.8 Å². The van der Waals surface area contributed by atoms with Crippen LogP contribution in [0.5, 0.6) is 0 Å². The van der Waals surface area contributed by atoms with Gasteiger partial charge in [0.1, 0.15) is 0 Å². The van der Waals surface area contributed by atoms with Gasteiger partial charge in [-0.25, -0.2) is 4.98 Å². The summed E-state index contributed by atoms with van der Waals surface area (Å²) in [5, 5.41) is 4.94. The minimum Gasteiger partial charge on any atom is -0.346 e. The van der Waals surface area contributed by atoms with Crippen molar-refractivity contribution in [1.29, 1.82) is 0 Å². The highest BCUT2D eigenvalue weighted by atomic mass is 32.1. The quantitative estimate of drug-likeness (QED) is 0.810. The lowest BCUT2D eigenvalue weighted by molar-refractivity contribution is 0.563. The molecule has 16 heavy (non-hydrogen) atoms. The summed E-state index contributed by atoms with van der Waals surface area (Å²) in [4.78, 5) is 8.51. The summed E-state index contributed by atoms with van der Waals surface area (Å²) in [5.41, 5.74) is 1.20. The van der Waals surface area contributed by atoms with Crippen LogP contribution >= 0.6 is 11.3 Å². The Bertz CT molecular complexity index is 368. The molecule has 2 saturated heterocycles. The molecule has 4 heteroatoms. The van der Waals surface area contributed by atoms with E-state index in [0.717, 1.165) is 12.6 Å². The van der Waals surface area contributed by atoms with Gasteiger partial charge in [-0.05, 0) is 33.1 Å². The SMILES string of the molecule is Cc1nc(N2CCC3CCC(C2)N3)sc1C. The van der Waals surface area contributed by atoms with E-state index in [2.05, 4.69) is 29.0 Å². The van der Waals surface area contributed by atoms with E-state index in [0.29, 0.717) is 6.04 Å². The summed E-state index contributed by atoms with van der Waals surface area (Å²) in [6.45, 7) is 6.58. The number of thiazole rings is 1. The standard InChI is InChI=1S/C12H19N3S/c1-8-9(2)16-12(13-8)15-6-5-10-3-4-11(7-15)14-10/h10-11,14H,3-7H2,1-2H3. The summed E-state index contributed by atoms with van der Waals surface area (Å²) >= 11 is 1.84. The van der Waals surface area contributed by atoms with E-state index in [1.165, 1.54) is 41.5 Å². The second-order valence-electron chi connectivity index (χ2n) is 5.01. The first-order chi connectivity index (χ1) is 7.72. The van der Waals surface area contributed by atoms with E-state index in [1.54, 1.807) is 0 Å². The van der Waals surface area contributed by atoms with Crippen LogP contribution in [0.1, 0.15) is 29.8 Å². The zero-order valence-corrected chi connectivity index (χ0v) is 10.8. The van der Waals surface area contributed by atoms with Gasteiger partial charge >= 0.3 is 0 Å². The van der Waals surface area contributed by atoms with Gasteiger partial charge in [-0.15, -0.1) is 11.3 Å². The van der Waals surface area contributed by atoms with Crippen LogP contribution < -0.4 is 10.2 Å². The molecule has 2 aliphatic rings. The Morgan fingerprint density at radius 2 is 2.06 bits per heavy atom. The van der Waals surface area contributed by atoms with Gasteiger partial charge in [0.05, 0.1) is 5.69 Å². The highest BCUT2D eigenvalue weighted by Gasteiger charge is 2.30. The van der Waals surface area contributed by atoms with Gasteiger partial charge in [0.2, 0.25) is 0 Å². The lowest BCUT2D eigenvalue weighted by Gasteiger charge is -2.23. The first-order valence-corrected chi connectivity index (χ1v) is 6.99. The number of anilines is 1. The Balaban J connectivity index is 1.79. The molecule has 0 amide bonds. The molecule has 0 radical (unpaired) electrons. The third-order valence-corrected chi connectivity index (χ3v) is 4.94. The highest BCUT2D eigenvalue weighted by Crippen LogP contribution is 2.29. The predicted octanol–water partition coefficient (Wildman–Crippen LogP) is 2.09. The van der Waals surface area contributed by atoms with Gasteiger partial charge in [0, 0.05) is 30.1 Å². The molecular formula is C12H19N3S. The molecule has 1 aromatic heterocycles. The van der Waals surface area contributed by atoms with Gasteiger partial charge in [-0.3, -0.25) is 0 Å². The molecule has 0 spiro atoms. The molecule has 2 unspecified atom stereocenters. The fourth-order valence-corrected chi connectivity index (χ4v) is 3.65. The molecule has 2 bridgehead atoms. The maximum absolute atomic E-state index is 4.68. The summed E-state index contributed by atoms with van der Waals surface area (Å²) < 4.78 is 0. The van der Waals surface area contributed by atoms with Crippen molar-refractivity contribution in [2.24, 2.45) is 0 Å². The average Bonchev–Trinajstić information content (AvgIpc) is 2.72. The van der Waals surface area contributed by atoms with Crippen molar-refractivity contribution in [1.82, 2.24) is 10.3 Å². The van der Waals surface area contributed by atoms with Crippen LogP contribution in [0.2, 0.25) is 0 Å². The topological polar surface area (TPSA) is 28.2 Å². The van der Waals surface area contributed by atoms with Gasteiger partial charge in [-0.2, -0.15) is 0 Å². The van der Waals surface area contributed by atoms with Gasteiger partial charge < -0.3 is 10.2 Å². The van der Waals surface area contributed by atoms with Crippen molar-refractivity contribution in [2.45, 2.75) is 45.2 Å². The number of rotatable bonds is 1. The molecule has 1 N–H and O–H groups in total. The number of hydrogen-bond acceptors (Lipinski definition) is 4. The molecule has 0 saturated carbocycles. The normalized spacial score (nSPS) is 29.5. The van der Waals surface area contributed by atoms with E-state index in [1.807, 2.05) is 11.3 Å². The zero-order chi connectivity index (χ0) is 11.1. The molecule has 0 aliphatic carbocycles. The minimum absolute atomic E-state index is 0.692.